The summed E-state index contributed by atoms with van der Waals surface area (Å²) in [6.45, 7) is 8.89. The Balaban J connectivity index is 2.25. The minimum Gasteiger partial charge on any atom is -0.495 e. The molecule has 1 aliphatic rings. The van der Waals surface area contributed by atoms with Crippen molar-refractivity contribution in [1.29, 1.82) is 0 Å². The molecule has 2 rings (SSSR count). The number of piperidine rings is 1. The molecule has 1 heterocycles. The van der Waals surface area contributed by atoms with Crippen LogP contribution in [0.15, 0.2) is 6.07 Å². The SMILES string of the molecule is COc1c(C2CCN(C(C)(C)C)CC2)cc(Cl)c(Cl)c1Cl. The molecule has 0 atom stereocenters. The summed E-state index contributed by atoms with van der Waals surface area (Å²) in [5.41, 5.74) is 1.29. The predicted molar refractivity (Wildman–Crippen MR) is 91.3 cm³/mol. The topological polar surface area (TPSA) is 12.5 Å². The molecule has 0 aliphatic carbocycles. The maximum absolute atomic E-state index is 6.27. The van der Waals surface area contributed by atoms with Crippen LogP contribution in [0, 0.1) is 0 Å². The summed E-state index contributed by atoms with van der Waals surface area (Å²) in [5, 5.41) is 1.28. The highest BCUT2D eigenvalue weighted by molar-refractivity contribution is 6.48. The normalized spacial score (nSPS) is 18.0. The van der Waals surface area contributed by atoms with E-state index >= 15 is 0 Å². The van der Waals surface area contributed by atoms with Gasteiger partial charge in [-0.1, -0.05) is 34.8 Å². The first-order valence-electron chi connectivity index (χ1n) is 7.22. The van der Waals surface area contributed by atoms with Gasteiger partial charge in [0, 0.05) is 11.1 Å². The summed E-state index contributed by atoms with van der Waals surface area (Å²) in [7, 11) is 1.62. The van der Waals surface area contributed by atoms with Crippen LogP contribution in [-0.2, 0) is 0 Å². The van der Waals surface area contributed by atoms with E-state index in [1.807, 2.05) is 6.07 Å². The molecule has 0 amide bonds. The quantitative estimate of drug-likeness (QED) is 0.641. The Labute approximate surface area is 142 Å². The molecule has 0 spiro atoms. The van der Waals surface area contributed by atoms with Crippen LogP contribution in [0.25, 0.3) is 0 Å². The third-order valence-corrected chi connectivity index (χ3v) is 5.48. The minimum atomic E-state index is 0.213. The van der Waals surface area contributed by atoms with Crippen molar-refractivity contribution in [2.45, 2.75) is 45.1 Å². The highest BCUT2D eigenvalue weighted by Gasteiger charge is 2.30. The Bertz CT molecular complexity index is 517. The second-order valence-corrected chi connectivity index (χ2v) is 7.70. The Morgan fingerprint density at radius 3 is 2.14 bits per heavy atom. The summed E-state index contributed by atoms with van der Waals surface area (Å²) in [6.07, 6.45) is 2.14. The van der Waals surface area contributed by atoms with Crippen LogP contribution in [-0.4, -0.2) is 30.6 Å². The van der Waals surface area contributed by atoms with Gasteiger partial charge < -0.3 is 4.74 Å². The Kier molecular flexibility index (Phi) is 5.36. The Hall–Kier alpha value is -0.150. The Morgan fingerprint density at radius 2 is 1.67 bits per heavy atom. The summed E-state index contributed by atoms with van der Waals surface area (Å²) >= 11 is 18.6. The van der Waals surface area contributed by atoms with Gasteiger partial charge in [0.1, 0.15) is 10.8 Å². The van der Waals surface area contributed by atoms with Crippen molar-refractivity contribution >= 4 is 34.8 Å². The zero-order valence-corrected chi connectivity index (χ0v) is 15.2. The van der Waals surface area contributed by atoms with E-state index in [1.165, 1.54) is 0 Å². The van der Waals surface area contributed by atoms with Gasteiger partial charge in [0.05, 0.1) is 17.2 Å². The minimum absolute atomic E-state index is 0.213. The van der Waals surface area contributed by atoms with E-state index in [2.05, 4.69) is 25.7 Å². The number of ether oxygens (including phenoxy) is 1. The number of halogens is 3. The number of rotatable bonds is 2. The van der Waals surface area contributed by atoms with Crippen molar-refractivity contribution < 1.29 is 4.74 Å². The summed E-state index contributed by atoms with van der Waals surface area (Å²) in [5.74, 6) is 1.08. The molecule has 0 unspecified atom stereocenters. The van der Waals surface area contributed by atoms with Gasteiger partial charge in [0.15, 0.2) is 0 Å². The smallest absolute Gasteiger partial charge is 0.142 e. The molecule has 118 valence electrons. The third-order valence-electron chi connectivity index (χ3n) is 4.23. The molecule has 1 aromatic rings. The monoisotopic (exact) mass is 349 g/mol. The Morgan fingerprint density at radius 1 is 1.10 bits per heavy atom. The second-order valence-electron chi connectivity index (χ2n) is 6.54. The van der Waals surface area contributed by atoms with Gasteiger partial charge in [-0.05, 0) is 58.7 Å². The predicted octanol–water partition coefficient (Wildman–Crippen LogP) is 5.63. The van der Waals surface area contributed by atoms with E-state index in [0.29, 0.717) is 26.7 Å². The van der Waals surface area contributed by atoms with Gasteiger partial charge in [-0.25, -0.2) is 0 Å². The first-order chi connectivity index (χ1) is 9.75. The molecular formula is C16H22Cl3NO. The van der Waals surface area contributed by atoms with Crippen LogP contribution in [0.2, 0.25) is 15.1 Å². The van der Waals surface area contributed by atoms with E-state index < -0.39 is 0 Å². The molecule has 0 N–H and O–H groups in total. The lowest BCUT2D eigenvalue weighted by molar-refractivity contribution is 0.102. The number of likely N-dealkylation sites (tertiary alicyclic amines) is 1. The van der Waals surface area contributed by atoms with Crippen LogP contribution >= 0.6 is 34.8 Å². The maximum atomic E-state index is 6.27. The van der Waals surface area contributed by atoms with E-state index in [1.54, 1.807) is 7.11 Å². The van der Waals surface area contributed by atoms with Crippen LogP contribution in [0.5, 0.6) is 5.75 Å². The largest absolute Gasteiger partial charge is 0.495 e. The summed E-state index contributed by atoms with van der Waals surface area (Å²) < 4.78 is 5.47. The summed E-state index contributed by atoms with van der Waals surface area (Å²) in [4.78, 5) is 2.51. The molecule has 1 saturated heterocycles. The lowest BCUT2D eigenvalue weighted by Crippen LogP contribution is -2.45. The standard InChI is InChI=1S/C16H22Cl3NO/c1-16(2,3)20-7-5-10(6-8-20)11-9-12(17)13(18)14(19)15(11)21-4/h9-10H,5-8H2,1-4H3. The molecular weight excluding hydrogens is 329 g/mol. The van der Waals surface area contributed by atoms with Gasteiger partial charge >= 0.3 is 0 Å². The molecule has 0 bridgehead atoms. The first-order valence-corrected chi connectivity index (χ1v) is 8.35. The van der Waals surface area contributed by atoms with Gasteiger partial charge in [-0.2, -0.15) is 0 Å². The summed E-state index contributed by atoms with van der Waals surface area (Å²) in [6, 6.07) is 1.91. The zero-order valence-electron chi connectivity index (χ0n) is 13.0. The van der Waals surface area contributed by atoms with Crippen LogP contribution in [0.4, 0.5) is 0 Å². The van der Waals surface area contributed by atoms with Crippen molar-refractivity contribution in [3.8, 4) is 5.75 Å². The average molecular weight is 351 g/mol. The van der Waals surface area contributed by atoms with Gasteiger partial charge in [-0.3, -0.25) is 4.90 Å². The molecule has 0 aromatic heterocycles. The molecule has 5 heteroatoms. The second kappa shape index (κ2) is 6.54. The molecule has 0 saturated carbocycles. The lowest BCUT2D eigenvalue weighted by Gasteiger charge is -2.41. The number of benzene rings is 1. The number of methoxy groups -OCH3 is 1. The van der Waals surface area contributed by atoms with Crippen molar-refractivity contribution in [3.05, 3.63) is 26.7 Å². The molecule has 1 aromatic carbocycles. The van der Waals surface area contributed by atoms with E-state index in [4.69, 9.17) is 39.5 Å². The number of nitrogens with zero attached hydrogens (tertiary/aromatic N) is 1. The fourth-order valence-electron chi connectivity index (χ4n) is 2.97. The van der Waals surface area contributed by atoms with E-state index in [9.17, 15) is 0 Å². The first kappa shape index (κ1) is 17.2. The van der Waals surface area contributed by atoms with E-state index in [-0.39, 0.29) is 5.54 Å². The van der Waals surface area contributed by atoms with Crippen molar-refractivity contribution in [3.63, 3.8) is 0 Å². The number of hydrogen-bond acceptors (Lipinski definition) is 2. The van der Waals surface area contributed by atoms with Gasteiger partial charge in [0.2, 0.25) is 0 Å². The fourth-order valence-corrected chi connectivity index (χ4v) is 3.66. The maximum Gasteiger partial charge on any atom is 0.142 e. The molecule has 0 radical (unpaired) electrons. The molecule has 1 aliphatic heterocycles. The van der Waals surface area contributed by atoms with Gasteiger partial charge in [0.25, 0.3) is 0 Å². The third kappa shape index (κ3) is 3.61. The average Bonchev–Trinajstić information content (AvgIpc) is 2.43. The zero-order chi connectivity index (χ0) is 15.8. The van der Waals surface area contributed by atoms with Crippen molar-refractivity contribution in [2.75, 3.05) is 20.2 Å². The molecule has 1 fully saturated rings. The molecule has 21 heavy (non-hydrogen) atoms. The highest BCUT2D eigenvalue weighted by atomic mass is 35.5. The van der Waals surface area contributed by atoms with Gasteiger partial charge in [-0.15, -0.1) is 0 Å². The highest BCUT2D eigenvalue weighted by Crippen LogP contribution is 2.45. The lowest BCUT2D eigenvalue weighted by atomic mass is 9.87. The van der Waals surface area contributed by atoms with Crippen LogP contribution in [0.3, 0.4) is 0 Å². The van der Waals surface area contributed by atoms with Crippen molar-refractivity contribution in [2.24, 2.45) is 0 Å². The fraction of sp³-hybridized carbons (Fsp3) is 0.625. The van der Waals surface area contributed by atoms with E-state index in [0.717, 1.165) is 31.5 Å². The molecule has 2 nitrogen and oxygen atoms in total. The van der Waals surface area contributed by atoms with Crippen molar-refractivity contribution in [1.82, 2.24) is 4.90 Å². The van der Waals surface area contributed by atoms with Crippen LogP contribution < -0.4 is 4.74 Å². The number of hydrogen-bond donors (Lipinski definition) is 0. The van der Waals surface area contributed by atoms with Crippen LogP contribution in [0.1, 0.15) is 45.1 Å².